The zero-order valence-electron chi connectivity index (χ0n) is 14.6. The maximum Gasteiger partial charge on any atom is 0.242 e. The number of sulfonamides is 1. The fourth-order valence-corrected chi connectivity index (χ4v) is 4.19. The molecule has 1 amide bonds. The number of carbonyl (C=O) groups excluding carboxylic acids is 1. The molecule has 1 heterocycles. The van der Waals surface area contributed by atoms with Gasteiger partial charge in [-0.3, -0.25) is 9.69 Å². The van der Waals surface area contributed by atoms with E-state index in [1.165, 1.54) is 4.31 Å². The molecule has 1 atom stereocenters. The highest BCUT2D eigenvalue weighted by Crippen LogP contribution is 2.20. The van der Waals surface area contributed by atoms with Crippen LogP contribution in [0, 0.1) is 0 Å². The topological polar surface area (TPSA) is 69.7 Å². The predicted molar refractivity (Wildman–Crippen MR) is 95.1 cm³/mol. The largest absolute Gasteiger partial charge is 0.352 e. The maximum absolute atomic E-state index is 12.7. The monoisotopic (exact) mass is 353 g/mol. The van der Waals surface area contributed by atoms with Crippen LogP contribution in [0.25, 0.3) is 0 Å². The first-order valence-electron chi connectivity index (χ1n) is 8.34. The Morgan fingerprint density at radius 2 is 1.83 bits per heavy atom. The first kappa shape index (κ1) is 18.9. The summed E-state index contributed by atoms with van der Waals surface area (Å²) in [7, 11) is 0.632. The van der Waals surface area contributed by atoms with Crippen LogP contribution in [0.2, 0.25) is 0 Å². The summed E-state index contributed by atoms with van der Waals surface area (Å²) in [6.45, 7) is 2.60. The van der Waals surface area contributed by atoms with Crippen LogP contribution in [0.5, 0.6) is 0 Å². The van der Waals surface area contributed by atoms with Gasteiger partial charge in [-0.25, -0.2) is 12.7 Å². The molecule has 24 heavy (non-hydrogen) atoms. The van der Waals surface area contributed by atoms with Crippen molar-refractivity contribution >= 4 is 15.9 Å². The number of rotatable bonds is 6. The van der Waals surface area contributed by atoms with E-state index >= 15 is 0 Å². The third-order valence-electron chi connectivity index (χ3n) is 4.44. The van der Waals surface area contributed by atoms with Crippen molar-refractivity contribution in [3.63, 3.8) is 0 Å². The van der Waals surface area contributed by atoms with Crippen LogP contribution in [0.1, 0.15) is 31.4 Å². The van der Waals surface area contributed by atoms with Crippen molar-refractivity contribution in [3.8, 4) is 0 Å². The fraction of sp³-hybridized carbons (Fsp3) is 0.588. The number of benzene rings is 1. The van der Waals surface area contributed by atoms with E-state index in [1.54, 1.807) is 6.92 Å². The molecule has 0 aromatic heterocycles. The van der Waals surface area contributed by atoms with Crippen molar-refractivity contribution in [2.24, 2.45) is 0 Å². The zero-order chi connectivity index (χ0) is 17.7. The second-order valence-corrected chi connectivity index (χ2v) is 8.62. The summed E-state index contributed by atoms with van der Waals surface area (Å²) in [6.07, 6.45) is 1.31. The van der Waals surface area contributed by atoms with Gasteiger partial charge in [-0.05, 0) is 39.4 Å². The highest BCUT2D eigenvalue weighted by molar-refractivity contribution is 7.89. The van der Waals surface area contributed by atoms with E-state index in [2.05, 4.69) is 5.32 Å². The molecule has 0 unspecified atom stereocenters. The highest BCUT2D eigenvalue weighted by Gasteiger charge is 2.30. The molecule has 6 nitrogen and oxygen atoms in total. The van der Waals surface area contributed by atoms with Gasteiger partial charge >= 0.3 is 0 Å². The molecule has 1 N–H and O–H groups in total. The molecule has 1 aromatic carbocycles. The van der Waals surface area contributed by atoms with Crippen LogP contribution < -0.4 is 5.32 Å². The lowest BCUT2D eigenvalue weighted by Gasteiger charge is -2.33. The van der Waals surface area contributed by atoms with Gasteiger partial charge in [0.2, 0.25) is 15.9 Å². The Labute approximate surface area is 144 Å². The third kappa shape index (κ3) is 4.55. The summed E-state index contributed by atoms with van der Waals surface area (Å²) in [5.41, 5.74) is 0.950. The van der Waals surface area contributed by atoms with Gasteiger partial charge in [-0.1, -0.05) is 30.3 Å². The van der Waals surface area contributed by atoms with E-state index in [0.717, 1.165) is 5.56 Å². The number of nitrogens with one attached hydrogen (secondary N) is 1. The summed E-state index contributed by atoms with van der Waals surface area (Å²) in [5.74, 6) is 0.0868. The lowest BCUT2D eigenvalue weighted by Crippen LogP contribution is -2.49. The van der Waals surface area contributed by atoms with Crippen LogP contribution in [-0.2, 0) is 14.8 Å². The molecular formula is C17H27N3O3S. The average molecular weight is 353 g/mol. The fourth-order valence-electron chi connectivity index (χ4n) is 3.06. The first-order chi connectivity index (χ1) is 11.3. The molecule has 0 aliphatic carbocycles. The predicted octanol–water partition coefficient (Wildman–Crippen LogP) is 1.22. The molecule has 1 aliphatic heterocycles. The van der Waals surface area contributed by atoms with Gasteiger partial charge in [-0.15, -0.1) is 0 Å². The Kier molecular flexibility index (Phi) is 6.37. The van der Waals surface area contributed by atoms with Gasteiger partial charge in [0.1, 0.15) is 6.04 Å². The van der Waals surface area contributed by atoms with Crippen molar-refractivity contribution in [1.29, 1.82) is 0 Å². The van der Waals surface area contributed by atoms with Gasteiger partial charge in [0.05, 0.1) is 5.75 Å². The van der Waals surface area contributed by atoms with Crippen molar-refractivity contribution in [2.75, 3.05) is 32.9 Å². The number of hydrogen-bond acceptors (Lipinski definition) is 4. The molecule has 2 rings (SSSR count). The number of amides is 1. The summed E-state index contributed by atoms with van der Waals surface area (Å²) >= 11 is 0. The highest BCUT2D eigenvalue weighted by atomic mass is 32.2. The number of carbonyl (C=O) groups is 1. The van der Waals surface area contributed by atoms with Gasteiger partial charge in [-0.2, -0.15) is 0 Å². The van der Waals surface area contributed by atoms with E-state index in [0.29, 0.717) is 25.9 Å². The van der Waals surface area contributed by atoms with E-state index in [4.69, 9.17) is 0 Å². The second-order valence-electron chi connectivity index (χ2n) is 6.36. The quantitative estimate of drug-likeness (QED) is 0.835. The summed E-state index contributed by atoms with van der Waals surface area (Å²) in [6, 6.07) is 9.34. The van der Waals surface area contributed by atoms with Crippen LogP contribution in [0.15, 0.2) is 30.3 Å². The maximum atomic E-state index is 12.7. The van der Waals surface area contributed by atoms with E-state index < -0.39 is 10.0 Å². The molecule has 0 bridgehead atoms. The minimum atomic E-state index is -3.13. The van der Waals surface area contributed by atoms with Crippen LogP contribution in [0.4, 0.5) is 0 Å². The van der Waals surface area contributed by atoms with Crippen molar-refractivity contribution in [1.82, 2.24) is 14.5 Å². The van der Waals surface area contributed by atoms with E-state index in [9.17, 15) is 13.2 Å². The third-order valence-corrected chi connectivity index (χ3v) is 6.32. The molecule has 1 aliphatic rings. The molecule has 0 radical (unpaired) electrons. The minimum Gasteiger partial charge on any atom is -0.352 e. The Morgan fingerprint density at radius 1 is 1.25 bits per heavy atom. The SMILES string of the molecule is CCS(=O)(=O)N1CCC(NC(=O)[C@H](c2ccccc2)N(C)C)CC1. The molecule has 1 fully saturated rings. The van der Waals surface area contributed by atoms with E-state index in [1.807, 2.05) is 49.3 Å². The Morgan fingerprint density at radius 3 is 2.33 bits per heavy atom. The lowest BCUT2D eigenvalue weighted by molar-refractivity contribution is -0.126. The molecule has 0 saturated carbocycles. The number of likely N-dealkylation sites (N-methyl/N-ethyl adjacent to an activating group) is 1. The Balaban J connectivity index is 1.97. The zero-order valence-corrected chi connectivity index (χ0v) is 15.4. The Bertz CT molecular complexity index is 638. The molecule has 1 aromatic rings. The van der Waals surface area contributed by atoms with Crippen molar-refractivity contribution < 1.29 is 13.2 Å². The number of hydrogen-bond donors (Lipinski definition) is 1. The summed E-state index contributed by atoms with van der Waals surface area (Å²) in [4.78, 5) is 14.6. The van der Waals surface area contributed by atoms with Gasteiger partial charge in [0.15, 0.2) is 0 Å². The van der Waals surface area contributed by atoms with Crippen LogP contribution in [0.3, 0.4) is 0 Å². The smallest absolute Gasteiger partial charge is 0.242 e. The van der Waals surface area contributed by atoms with E-state index in [-0.39, 0.29) is 23.7 Å². The lowest BCUT2D eigenvalue weighted by atomic mass is 10.0. The normalized spacial score (nSPS) is 18.5. The molecular weight excluding hydrogens is 326 g/mol. The van der Waals surface area contributed by atoms with Crippen molar-refractivity contribution in [2.45, 2.75) is 31.8 Å². The molecule has 0 spiro atoms. The average Bonchev–Trinajstić information content (AvgIpc) is 2.56. The Hall–Kier alpha value is -1.44. The van der Waals surface area contributed by atoms with Gasteiger partial charge < -0.3 is 5.32 Å². The molecule has 1 saturated heterocycles. The van der Waals surface area contributed by atoms with Gasteiger partial charge in [0, 0.05) is 19.1 Å². The summed E-state index contributed by atoms with van der Waals surface area (Å²) < 4.78 is 25.3. The van der Waals surface area contributed by atoms with Crippen LogP contribution >= 0.6 is 0 Å². The van der Waals surface area contributed by atoms with Gasteiger partial charge in [0.25, 0.3) is 0 Å². The standard InChI is InChI=1S/C17H27N3O3S/c1-4-24(22,23)20-12-10-15(11-13-20)18-17(21)16(19(2)3)14-8-6-5-7-9-14/h5-9,15-16H,4,10-13H2,1-3H3,(H,18,21)/t16-/m0/s1. The van der Waals surface area contributed by atoms with Crippen LogP contribution in [-0.4, -0.2) is 62.5 Å². The number of piperidine rings is 1. The molecule has 134 valence electrons. The minimum absolute atomic E-state index is 0.0203. The molecule has 7 heteroatoms. The van der Waals surface area contributed by atoms with Crippen molar-refractivity contribution in [3.05, 3.63) is 35.9 Å². The number of nitrogens with zero attached hydrogens (tertiary/aromatic N) is 2. The summed E-state index contributed by atoms with van der Waals surface area (Å²) in [5, 5.41) is 3.09. The first-order valence-corrected chi connectivity index (χ1v) is 9.95. The second kappa shape index (κ2) is 8.09.